The Labute approximate surface area is 174 Å². The number of hydrogen-bond acceptors (Lipinski definition) is 3. The van der Waals surface area contributed by atoms with E-state index in [4.69, 9.17) is 10.7 Å². The van der Waals surface area contributed by atoms with Gasteiger partial charge in [-0.2, -0.15) is 0 Å². The molecule has 0 fully saturated rings. The van der Waals surface area contributed by atoms with Crippen LogP contribution in [0.2, 0.25) is 0 Å². The number of primary amides is 1. The molecule has 30 heavy (non-hydrogen) atoms. The van der Waals surface area contributed by atoms with Crippen LogP contribution in [0.4, 0.5) is 5.69 Å². The number of para-hydroxylation sites is 1. The summed E-state index contributed by atoms with van der Waals surface area (Å²) in [6, 6.07) is 22.2. The van der Waals surface area contributed by atoms with E-state index in [9.17, 15) is 9.59 Å². The van der Waals surface area contributed by atoms with Crippen LogP contribution in [0.1, 0.15) is 31.8 Å². The Morgan fingerprint density at radius 3 is 2.20 bits per heavy atom. The minimum Gasteiger partial charge on any atom is -0.366 e. The first kappa shape index (κ1) is 19.3. The Balaban J connectivity index is 1.80. The SMILES string of the molecule is Cc1ccc(-c2nc3ccccc3c(C(=O)Nc3ccc(C(N)=O)cc3)c2C)cc1. The number of carbonyl (C=O) groups is 2. The van der Waals surface area contributed by atoms with Gasteiger partial charge in [-0.3, -0.25) is 9.59 Å². The van der Waals surface area contributed by atoms with Gasteiger partial charge < -0.3 is 11.1 Å². The van der Waals surface area contributed by atoms with Crippen molar-refractivity contribution in [3.05, 3.63) is 95.1 Å². The van der Waals surface area contributed by atoms with Crippen molar-refractivity contribution in [2.75, 3.05) is 5.32 Å². The molecule has 0 radical (unpaired) electrons. The van der Waals surface area contributed by atoms with Crippen molar-refractivity contribution >= 4 is 28.4 Å². The maximum atomic E-state index is 13.3. The topological polar surface area (TPSA) is 85.1 Å². The maximum absolute atomic E-state index is 13.3. The van der Waals surface area contributed by atoms with Gasteiger partial charge in [0, 0.05) is 22.2 Å². The fraction of sp³-hybridized carbons (Fsp3) is 0.0800. The Bertz CT molecular complexity index is 1260. The van der Waals surface area contributed by atoms with E-state index in [0.717, 1.165) is 33.3 Å². The molecule has 0 bridgehead atoms. The summed E-state index contributed by atoms with van der Waals surface area (Å²) < 4.78 is 0. The quantitative estimate of drug-likeness (QED) is 0.517. The number of amides is 2. The van der Waals surface area contributed by atoms with Crippen molar-refractivity contribution in [1.82, 2.24) is 4.98 Å². The average Bonchev–Trinajstić information content (AvgIpc) is 2.74. The zero-order valence-electron chi connectivity index (χ0n) is 16.8. The number of hydrogen-bond donors (Lipinski definition) is 2. The number of carbonyl (C=O) groups excluding carboxylic acids is 2. The molecule has 0 saturated heterocycles. The largest absolute Gasteiger partial charge is 0.366 e. The molecule has 0 atom stereocenters. The van der Waals surface area contributed by atoms with Gasteiger partial charge in [0.25, 0.3) is 5.91 Å². The average molecular weight is 395 g/mol. The first-order chi connectivity index (χ1) is 14.4. The molecular weight excluding hydrogens is 374 g/mol. The summed E-state index contributed by atoms with van der Waals surface area (Å²) in [6.45, 7) is 3.95. The Hall–Kier alpha value is -3.99. The van der Waals surface area contributed by atoms with Crippen LogP contribution in [0.3, 0.4) is 0 Å². The molecule has 0 spiro atoms. The molecule has 5 heteroatoms. The standard InChI is InChI=1S/C25H21N3O2/c1-15-7-9-17(10-8-15)23-16(2)22(20-5-3-4-6-21(20)28-23)25(30)27-19-13-11-18(12-14-19)24(26)29/h3-14H,1-2H3,(H2,26,29)(H,27,30). The second kappa shape index (κ2) is 7.79. The van der Waals surface area contributed by atoms with E-state index in [1.165, 1.54) is 0 Å². The van der Waals surface area contributed by atoms with E-state index in [2.05, 4.69) is 5.32 Å². The normalized spacial score (nSPS) is 10.7. The number of nitrogens with one attached hydrogen (secondary N) is 1. The summed E-state index contributed by atoms with van der Waals surface area (Å²) in [4.78, 5) is 29.4. The van der Waals surface area contributed by atoms with Gasteiger partial charge in [-0.15, -0.1) is 0 Å². The molecule has 0 saturated carbocycles. The third kappa shape index (κ3) is 3.65. The van der Waals surface area contributed by atoms with Gasteiger partial charge in [-0.05, 0) is 49.7 Å². The number of aromatic nitrogens is 1. The van der Waals surface area contributed by atoms with Crippen LogP contribution >= 0.6 is 0 Å². The fourth-order valence-corrected chi connectivity index (χ4v) is 3.50. The van der Waals surface area contributed by atoms with Crippen LogP contribution in [-0.2, 0) is 0 Å². The molecule has 2 amide bonds. The third-order valence-corrected chi connectivity index (χ3v) is 5.12. The van der Waals surface area contributed by atoms with Gasteiger partial charge in [0.2, 0.25) is 5.91 Å². The van der Waals surface area contributed by atoms with Crippen LogP contribution in [0.5, 0.6) is 0 Å². The lowest BCUT2D eigenvalue weighted by Crippen LogP contribution is -2.16. The lowest BCUT2D eigenvalue weighted by atomic mass is 9.96. The predicted octanol–water partition coefficient (Wildman–Crippen LogP) is 4.87. The molecule has 1 heterocycles. The summed E-state index contributed by atoms with van der Waals surface area (Å²) in [5.74, 6) is -0.738. The van der Waals surface area contributed by atoms with Gasteiger partial charge in [0.05, 0.1) is 16.8 Å². The molecule has 4 aromatic rings. The summed E-state index contributed by atoms with van der Waals surface area (Å²) >= 11 is 0. The zero-order chi connectivity index (χ0) is 21.3. The van der Waals surface area contributed by atoms with E-state index >= 15 is 0 Å². The maximum Gasteiger partial charge on any atom is 0.256 e. The summed E-state index contributed by atoms with van der Waals surface area (Å²) in [7, 11) is 0. The molecule has 3 aromatic carbocycles. The lowest BCUT2D eigenvalue weighted by molar-refractivity contribution is 0.0998. The highest BCUT2D eigenvalue weighted by Crippen LogP contribution is 2.30. The minimum absolute atomic E-state index is 0.230. The van der Waals surface area contributed by atoms with E-state index in [1.807, 2.05) is 62.4 Å². The molecule has 0 aliphatic rings. The van der Waals surface area contributed by atoms with E-state index in [-0.39, 0.29) is 5.91 Å². The predicted molar refractivity (Wildman–Crippen MR) is 120 cm³/mol. The van der Waals surface area contributed by atoms with Crippen molar-refractivity contribution in [2.45, 2.75) is 13.8 Å². The minimum atomic E-state index is -0.508. The summed E-state index contributed by atoms with van der Waals surface area (Å²) in [5, 5.41) is 3.72. The van der Waals surface area contributed by atoms with Crippen LogP contribution < -0.4 is 11.1 Å². The highest BCUT2D eigenvalue weighted by Gasteiger charge is 2.19. The molecule has 0 aliphatic heterocycles. The molecule has 3 N–H and O–H groups in total. The number of benzene rings is 3. The lowest BCUT2D eigenvalue weighted by Gasteiger charge is -2.15. The zero-order valence-corrected chi connectivity index (χ0v) is 16.8. The van der Waals surface area contributed by atoms with Crippen molar-refractivity contribution in [2.24, 2.45) is 5.73 Å². The van der Waals surface area contributed by atoms with Gasteiger partial charge in [0.15, 0.2) is 0 Å². The van der Waals surface area contributed by atoms with Crippen LogP contribution in [-0.4, -0.2) is 16.8 Å². The van der Waals surface area contributed by atoms with E-state index < -0.39 is 5.91 Å². The second-order valence-electron chi connectivity index (χ2n) is 7.24. The number of nitrogens with two attached hydrogens (primary N) is 1. The number of aryl methyl sites for hydroxylation is 1. The number of nitrogens with zero attached hydrogens (tertiary/aromatic N) is 1. The molecule has 0 aliphatic carbocycles. The molecule has 1 aromatic heterocycles. The molecular formula is C25H21N3O2. The van der Waals surface area contributed by atoms with Gasteiger partial charge >= 0.3 is 0 Å². The highest BCUT2D eigenvalue weighted by atomic mass is 16.2. The van der Waals surface area contributed by atoms with Gasteiger partial charge in [0.1, 0.15) is 0 Å². The highest BCUT2D eigenvalue weighted by molar-refractivity contribution is 6.14. The van der Waals surface area contributed by atoms with E-state index in [0.29, 0.717) is 16.8 Å². The summed E-state index contributed by atoms with van der Waals surface area (Å²) in [5.41, 5.74) is 11.3. The molecule has 4 rings (SSSR count). The third-order valence-electron chi connectivity index (χ3n) is 5.12. The van der Waals surface area contributed by atoms with Gasteiger partial charge in [-0.25, -0.2) is 4.98 Å². The number of rotatable bonds is 4. The molecule has 148 valence electrons. The molecule has 0 unspecified atom stereocenters. The first-order valence-corrected chi connectivity index (χ1v) is 9.61. The van der Waals surface area contributed by atoms with Gasteiger partial charge in [-0.1, -0.05) is 48.0 Å². The smallest absolute Gasteiger partial charge is 0.256 e. The Morgan fingerprint density at radius 1 is 0.867 bits per heavy atom. The van der Waals surface area contributed by atoms with Crippen molar-refractivity contribution in [1.29, 1.82) is 0 Å². The number of pyridine rings is 1. The first-order valence-electron chi connectivity index (χ1n) is 9.61. The number of anilines is 1. The van der Waals surface area contributed by atoms with Crippen molar-refractivity contribution in [3.8, 4) is 11.3 Å². The van der Waals surface area contributed by atoms with Crippen LogP contribution in [0.25, 0.3) is 22.2 Å². The number of fused-ring (bicyclic) bond motifs is 1. The second-order valence-corrected chi connectivity index (χ2v) is 7.24. The Kier molecular flexibility index (Phi) is 5.02. The monoisotopic (exact) mass is 395 g/mol. The fourth-order valence-electron chi connectivity index (χ4n) is 3.50. The van der Waals surface area contributed by atoms with E-state index in [1.54, 1.807) is 24.3 Å². The summed E-state index contributed by atoms with van der Waals surface area (Å²) in [6.07, 6.45) is 0. The van der Waals surface area contributed by atoms with Crippen LogP contribution in [0.15, 0.2) is 72.8 Å². The Morgan fingerprint density at radius 2 is 1.53 bits per heavy atom. The van der Waals surface area contributed by atoms with Crippen LogP contribution in [0, 0.1) is 13.8 Å². The van der Waals surface area contributed by atoms with Crippen molar-refractivity contribution in [3.63, 3.8) is 0 Å². The van der Waals surface area contributed by atoms with Crippen molar-refractivity contribution < 1.29 is 9.59 Å². The molecule has 5 nitrogen and oxygen atoms in total.